The summed E-state index contributed by atoms with van der Waals surface area (Å²) in [5.41, 5.74) is 2.58. The number of anilines is 1. The Bertz CT molecular complexity index is 1090. The first-order valence-electron chi connectivity index (χ1n) is 9.63. The number of hydrogen-bond donors (Lipinski definition) is 0. The maximum atomic E-state index is 12.7. The number of amides is 1. The highest BCUT2D eigenvalue weighted by molar-refractivity contribution is 7.99. The summed E-state index contributed by atoms with van der Waals surface area (Å²) in [5.74, 6) is 1.51. The molecule has 30 heavy (non-hydrogen) atoms. The minimum absolute atomic E-state index is 0.178. The van der Waals surface area contributed by atoms with Gasteiger partial charge >= 0.3 is 0 Å². The van der Waals surface area contributed by atoms with Crippen molar-refractivity contribution in [2.24, 2.45) is 5.92 Å². The highest BCUT2D eigenvalue weighted by Gasteiger charge is 2.35. The normalized spacial score (nSPS) is 15.2. The third-order valence-corrected chi connectivity index (χ3v) is 6.18. The van der Waals surface area contributed by atoms with Crippen LogP contribution in [0.15, 0.2) is 53.7 Å². The summed E-state index contributed by atoms with van der Waals surface area (Å²) < 4.78 is 6.32. The predicted molar refractivity (Wildman–Crippen MR) is 119 cm³/mol. The van der Waals surface area contributed by atoms with Crippen LogP contribution in [0.1, 0.15) is 32.6 Å². The van der Waals surface area contributed by atoms with Crippen molar-refractivity contribution in [3.8, 4) is 17.1 Å². The number of rotatable bonds is 4. The van der Waals surface area contributed by atoms with Crippen LogP contribution < -0.4 is 9.64 Å². The predicted octanol–water partition coefficient (Wildman–Crippen LogP) is 5.38. The van der Waals surface area contributed by atoms with E-state index in [4.69, 9.17) is 16.3 Å². The zero-order valence-electron chi connectivity index (χ0n) is 16.9. The molecule has 2 aromatic carbocycles. The molecule has 1 aliphatic rings. The highest BCUT2D eigenvalue weighted by Crippen LogP contribution is 2.44. The third kappa shape index (κ3) is 4.00. The molecule has 0 N–H and O–H groups in total. The van der Waals surface area contributed by atoms with Crippen LogP contribution in [0.4, 0.5) is 5.69 Å². The first-order valence-corrected chi connectivity index (χ1v) is 11.0. The monoisotopic (exact) mass is 440 g/mol. The standard InChI is InChI=1S/C22H21ClN4O2S/c1-13(2)12-30-22-24-20-19(25-26-22)16-9-5-7-11-18(16)27(14(3)28)21(29-20)15-8-4-6-10-17(15)23/h4-11,13,21H,12H2,1-3H3/t21-/m0/s1. The van der Waals surface area contributed by atoms with Gasteiger partial charge in [-0.05, 0) is 18.1 Å². The van der Waals surface area contributed by atoms with E-state index in [0.717, 1.165) is 11.3 Å². The van der Waals surface area contributed by atoms with E-state index < -0.39 is 6.23 Å². The van der Waals surface area contributed by atoms with E-state index in [9.17, 15) is 4.79 Å². The highest BCUT2D eigenvalue weighted by atomic mass is 35.5. The van der Waals surface area contributed by atoms with Gasteiger partial charge in [0.2, 0.25) is 23.2 Å². The molecule has 0 bridgehead atoms. The average Bonchev–Trinajstić information content (AvgIpc) is 2.86. The maximum absolute atomic E-state index is 12.7. The molecule has 4 rings (SSSR count). The topological polar surface area (TPSA) is 68.2 Å². The Labute approximate surface area is 184 Å². The number of halogens is 1. The van der Waals surface area contributed by atoms with E-state index in [-0.39, 0.29) is 5.91 Å². The summed E-state index contributed by atoms with van der Waals surface area (Å²) in [5, 5.41) is 9.74. The lowest BCUT2D eigenvalue weighted by molar-refractivity contribution is -0.118. The number of thioether (sulfide) groups is 1. The summed E-state index contributed by atoms with van der Waals surface area (Å²) in [4.78, 5) is 19.0. The van der Waals surface area contributed by atoms with E-state index in [1.54, 1.807) is 11.0 Å². The third-order valence-electron chi connectivity index (χ3n) is 4.57. The molecule has 0 aliphatic carbocycles. The number of ether oxygens (including phenoxy) is 1. The lowest BCUT2D eigenvalue weighted by atomic mass is 10.1. The molecule has 1 aliphatic heterocycles. The Morgan fingerprint density at radius 3 is 2.63 bits per heavy atom. The van der Waals surface area contributed by atoms with Crippen molar-refractivity contribution in [3.63, 3.8) is 0 Å². The smallest absolute Gasteiger partial charge is 0.247 e. The number of carbonyl (C=O) groups is 1. The van der Waals surface area contributed by atoms with Crippen molar-refractivity contribution in [1.82, 2.24) is 15.2 Å². The molecule has 3 aromatic rings. The summed E-state index contributed by atoms with van der Waals surface area (Å²) in [6, 6.07) is 14.8. The summed E-state index contributed by atoms with van der Waals surface area (Å²) in [7, 11) is 0. The van der Waals surface area contributed by atoms with Gasteiger partial charge in [-0.25, -0.2) is 0 Å². The average molecular weight is 441 g/mol. The Morgan fingerprint density at radius 2 is 1.90 bits per heavy atom. The number of carbonyl (C=O) groups excluding carboxylic acids is 1. The van der Waals surface area contributed by atoms with Gasteiger partial charge in [0, 0.05) is 28.8 Å². The van der Waals surface area contributed by atoms with Crippen LogP contribution in [0.2, 0.25) is 5.02 Å². The molecule has 0 saturated carbocycles. The molecule has 8 heteroatoms. The zero-order valence-corrected chi connectivity index (χ0v) is 18.4. The van der Waals surface area contributed by atoms with Gasteiger partial charge in [0.25, 0.3) is 0 Å². The minimum atomic E-state index is -0.779. The number of para-hydroxylation sites is 1. The molecule has 0 fully saturated rings. The van der Waals surface area contributed by atoms with Crippen molar-refractivity contribution >= 4 is 35.0 Å². The van der Waals surface area contributed by atoms with Gasteiger partial charge < -0.3 is 4.74 Å². The van der Waals surface area contributed by atoms with Crippen LogP contribution in [0, 0.1) is 5.92 Å². The van der Waals surface area contributed by atoms with E-state index in [1.807, 2.05) is 42.5 Å². The van der Waals surface area contributed by atoms with Crippen molar-refractivity contribution in [3.05, 3.63) is 59.1 Å². The SMILES string of the molecule is CC(=O)N1c2ccccc2-c2nnc(SCC(C)C)nc2O[C@H]1c1ccccc1Cl. The van der Waals surface area contributed by atoms with Crippen LogP contribution in [-0.4, -0.2) is 26.8 Å². The number of benzene rings is 2. The van der Waals surface area contributed by atoms with Crippen LogP contribution in [-0.2, 0) is 4.79 Å². The Morgan fingerprint density at radius 1 is 1.17 bits per heavy atom. The van der Waals surface area contributed by atoms with Gasteiger partial charge in [-0.2, -0.15) is 4.98 Å². The summed E-state index contributed by atoms with van der Waals surface area (Å²) in [6.07, 6.45) is -0.779. The molecule has 2 heterocycles. The van der Waals surface area contributed by atoms with Crippen LogP contribution in [0.5, 0.6) is 5.88 Å². The van der Waals surface area contributed by atoms with Crippen molar-refractivity contribution in [1.29, 1.82) is 0 Å². The second kappa shape index (κ2) is 8.62. The minimum Gasteiger partial charge on any atom is -0.447 e. The summed E-state index contributed by atoms with van der Waals surface area (Å²) >= 11 is 8.01. The quantitative estimate of drug-likeness (QED) is 0.507. The van der Waals surface area contributed by atoms with Gasteiger partial charge in [-0.3, -0.25) is 9.69 Å². The Kier molecular flexibility index (Phi) is 5.92. The second-order valence-corrected chi connectivity index (χ2v) is 8.75. The largest absolute Gasteiger partial charge is 0.447 e. The molecule has 0 unspecified atom stereocenters. The molecule has 154 valence electrons. The Balaban J connectivity index is 1.89. The molecule has 1 amide bonds. The number of nitrogens with zero attached hydrogens (tertiary/aromatic N) is 4. The van der Waals surface area contributed by atoms with E-state index >= 15 is 0 Å². The second-order valence-electron chi connectivity index (χ2n) is 7.35. The van der Waals surface area contributed by atoms with Crippen LogP contribution in [0.25, 0.3) is 11.3 Å². The molecule has 0 saturated heterocycles. The Hall–Kier alpha value is -2.64. The van der Waals surface area contributed by atoms with Gasteiger partial charge in [0.05, 0.1) is 5.69 Å². The van der Waals surface area contributed by atoms with E-state index in [2.05, 4.69) is 29.0 Å². The summed E-state index contributed by atoms with van der Waals surface area (Å²) in [6.45, 7) is 5.77. The van der Waals surface area contributed by atoms with Crippen molar-refractivity contribution in [2.45, 2.75) is 32.2 Å². The first-order chi connectivity index (χ1) is 14.5. The maximum Gasteiger partial charge on any atom is 0.247 e. The lowest BCUT2D eigenvalue weighted by Crippen LogP contribution is -2.36. The molecule has 1 aromatic heterocycles. The van der Waals surface area contributed by atoms with E-state index in [0.29, 0.717) is 38.9 Å². The molecule has 1 atom stereocenters. The lowest BCUT2D eigenvalue weighted by Gasteiger charge is -2.30. The van der Waals surface area contributed by atoms with Gasteiger partial charge in [-0.15, -0.1) is 10.2 Å². The number of fused-ring (bicyclic) bond motifs is 3. The number of hydrogen-bond acceptors (Lipinski definition) is 6. The molecule has 0 spiro atoms. The molecular weight excluding hydrogens is 420 g/mol. The van der Waals surface area contributed by atoms with Gasteiger partial charge in [-0.1, -0.05) is 73.6 Å². The van der Waals surface area contributed by atoms with Crippen molar-refractivity contribution < 1.29 is 9.53 Å². The fraction of sp³-hybridized carbons (Fsp3) is 0.273. The van der Waals surface area contributed by atoms with Gasteiger partial charge in [0.15, 0.2) is 5.69 Å². The van der Waals surface area contributed by atoms with E-state index in [1.165, 1.54) is 18.7 Å². The van der Waals surface area contributed by atoms with Crippen LogP contribution in [0.3, 0.4) is 0 Å². The van der Waals surface area contributed by atoms with Gasteiger partial charge in [0.1, 0.15) is 0 Å². The number of aromatic nitrogens is 3. The fourth-order valence-electron chi connectivity index (χ4n) is 3.23. The van der Waals surface area contributed by atoms with Crippen LogP contribution >= 0.6 is 23.4 Å². The zero-order chi connectivity index (χ0) is 21.3. The first kappa shape index (κ1) is 20.6. The molecule has 0 radical (unpaired) electrons. The van der Waals surface area contributed by atoms with Crippen molar-refractivity contribution in [2.75, 3.05) is 10.7 Å². The molecule has 6 nitrogen and oxygen atoms in total. The fourth-order valence-corrected chi connectivity index (χ4v) is 4.19. The molecular formula is C22H21ClN4O2S.